The molecule has 4 nitrogen and oxygen atoms in total. The van der Waals surface area contributed by atoms with Gasteiger partial charge in [0, 0.05) is 62.3 Å². The molecular weight excluding hydrogens is 396 g/mol. The zero-order chi connectivity index (χ0) is 21.4. The van der Waals surface area contributed by atoms with Gasteiger partial charge >= 0.3 is 0 Å². The molecule has 1 fully saturated rings. The Morgan fingerprint density at radius 2 is 1.68 bits per heavy atom. The van der Waals surface area contributed by atoms with Gasteiger partial charge in [0.25, 0.3) is 0 Å². The summed E-state index contributed by atoms with van der Waals surface area (Å²) in [4.78, 5) is 16.4. The molecule has 6 heteroatoms. The number of aromatic nitrogens is 1. The lowest BCUT2D eigenvalue weighted by Crippen LogP contribution is -2.38. The Labute approximate surface area is 181 Å². The van der Waals surface area contributed by atoms with E-state index in [1.165, 1.54) is 23.9 Å². The molecule has 0 bridgehead atoms. The topological polar surface area (TPSA) is 28.5 Å². The maximum absolute atomic E-state index is 14.1. The predicted octanol–water partition coefficient (Wildman–Crippen LogP) is 4.67. The number of carbonyl (C=O) groups excluding carboxylic acids is 1. The maximum atomic E-state index is 14.1. The van der Waals surface area contributed by atoms with Crippen molar-refractivity contribution >= 4 is 16.8 Å². The lowest BCUT2D eigenvalue weighted by Gasteiger charge is -2.30. The standard InChI is InChI=1S/C25H27F2N3O/c26-18-5-8-20(9-6-18)30-23-10-7-19(27)16-21(23)22-17-28(15-11-24(22)30)12-3-14-29-13-2-1-4-25(29)31/h5-10,16H,1-4,11-15,17H2. The van der Waals surface area contributed by atoms with Crippen molar-refractivity contribution < 1.29 is 13.6 Å². The quantitative estimate of drug-likeness (QED) is 0.597. The summed E-state index contributed by atoms with van der Waals surface area (Å²) >= 11 is 0. The molecule has 162 valence electrons. The van der Waals surface area contributed by atoms with Crippen molar-refractivity contribution in [3.63, 3.8) is 0 Å². The molecule has 2 aliphatic heterocycles. The molecule has 0 saturated carbocycles. The highest BCUT2D eigenvalue weighted by atomic mass is 19.1. The smallest absolute Gasteiger partial charge is 0.222 e. The van der Waals surface area contributed by atoms with Crippen LogP contribution in [0.4, 0.5) is 8.78 Å². The van der Waals surface area contributed by atoms with Crippen LogP contribution in [0, 0.1) is 11.6 Å². The molecule has 0 radical (unpaired) electrons. The van der Waals surface area contributed by atoms with E-state index in [0.29, 0.717) is 6.42 Å². The van der Waals surface area contributed by atoms with Gasteiger partial charge in [-0.3, -0.25) is 9.69 Å². The number of piperidine rings is 1. The zero-order valence-electron chi connectivity index (χ0n) is 17.6. The average molecular weight is 424 g/mol. The van der Waals surface area contributed by atoms with E-state index < -0.39 is 0 Å². The van der Waals surface area contributed by atoms with Crippen LogP contribution < -0.4 is 0 Å². The molecule has 3 aromatic rings. The summed E-state index contributed by atoms with van der Waals surface area (Å²) in [5, 5.41) is 0.926. The Morgan fingerprint density at radius 3 is 2.48 bits per heavy atom. The van der Waals surface area contributed by atoms with Gasteiger partial charge in [0.2, 0.25) is 5.91 Å². The number of hydrogen-bond donors (Lipinski definition) is 0. The fourth-order valence-corrected chi connectivity index (χ4v) is 5.05. The van der Waals surface area contributed by atoms with Gasteiger partial charge in [-0.2, -0.15) is 0 Å². The molecule has 1 amide bonds. The molecule has 2 aliphatic rings. The number of fused-ring (bicyclic) bond motifs is 3. The van der Waals surface area contributed by atoms with Crippen molar-refractivity contribution in [2.75, 3.05) is 26.2 Å². The number of amides is 1. The highest BCUT2D eigenvalue weighted by Crippen LogP contribution is 2.34. The van der Waals surface area contributed by atoms with Gasteiger partial charge in [-0.15, -0.1) is 0 Å². The Hall–Kier alpha value is -2.73. The van der Waals surface area contributed by atoms with Crippen molar-refractivity contribution in [1.82, 2.24) is 14.4 Å². The Bertz CT molecular complexity index is 1110. The predicted molar refractivity (Wildman–Crippen MR) is 117 cm³/mol. The number of rotatable bonds is 5. The van der Waals surface area contributed by atoms with Crippen molar-refractivity contribution in [3.8, 4) is 5.69 Å². The van der Waals surface area contributed by atoms with Crippen molar-refractivity contribution in [2.24, 2.45) is 0 Å². The SMILES string of the molecule is O=C1CCCCN1CCCN1CCc2c(c3cc(F)ccc3n2-c2ccc(F)cc2)C1. The Kier molecular flexibility index (Phi) is 5.48. The summed E-state index contributed by atoms with van der Waals surface area (Å²) in [6.45, 7) is 4.29. The molecule has 0 atom stereocenters. The van der Waals surface area contributed by atoms with E-state index in [1.54, 1.807) is 18.2 Å². The first-order valence-corrected chi connectivity index (χ1v) is 11.2. The van der Waals surface area contributed by atoms with Crippen LogP contribution in [0.2, 0.25) is 0 Å². The first-order chi connectivity index (χ1) is 15.1. The molecule has 3 heterocycles. The van der Waals surface area contributed by atoms with Gasteiger partial charge in [-0.1, -0.05) is 0 Å². The molecule has 31 heavy (non-hydrogen) atoms. The van der Waals surface area contributed by atoms with Gasteiger partial charge in [-0.05, 0) is 67.3 Å². The van der Waals surface area contributed by atoms with Crippen LogP contribution in [0.1, 0.15) is 36.9 Å². The molecule has 0 spiro atoms. The third kappa shape index (κ3) is 3.97. The van der Waals surface area contributed by atoms with Crippen LogP contribution in [-0.4, -0.2) is 46.5 Å². The van der Waals surface area contributed by atoms with Crippen molar-refractivity contribution in [2.45, 2.75) is 38.6 Å². The maximum Gasteiger partial charge on any atom is 0.222 e. The van der Waals surface area contributed by atoms with Crippen LogP contribution in [0.3, 0.4) is 0 Å². The number of carbonyl (C=O) groups is 1. The molecule has 0 aliphatic carbocycles. The first-order valence-electron chi connectivity index (χ1n) is 11.2. The summed E-state index contributed by atoms with van der Waals surface area (Å²) in [7, 11) is 0. The van der Waals surface area contributed by atoms with Gasteiger partial charge in [-0.25, -0.2) is 8.78 Å². The minimum absolute atomic E-state index is 0.243. The monoisotopic (exact) mass is 423 g/mol. The highest BCUT2D eigenvalue weighted by molar-refractivity contribution is 5.87. The van der Waals surface area contributed by atoms with E-state index in [-0.39, 0.29) is 17.5 Å². The van der Waals surface area contributed by atoms with E-state index in [9.17, 15) is 13.6 Å². The minimum Gasteiger partial charge on any atom is -0.343 e. The second kappa shape index (κ2) is 8.42. The fourth-order valence-electron chi connectivity index (χ4n) is 5.05. The van der Waals surface area contributed by atoms with E-state index >= 15 is 0 Å². The largest absolute Gasteiger partial charge is 0.343 e. The lowest BCUT2D eigenvalue weighted by atomic mass is 10.0. The third-order valence-corrected chi connectivity index (χ3v) is 6.60. The van der Waals surface area contributed by atoms with Gasteiger partial charge in [0.15, 0.2) is 0 Å². The van der Waals surface area contributed by atoms with E-state index in [4.69, 9.17) is 0 Å². The lowest BCUT2D eigenvalue weighted by molar-refractivity contribution is -0.133. The van der Waals surface area contributed by atoms with Gasteiger partial charge in [0.05, 0.1) is 5.52 Å². The molecule has 5 rings (SSSR count). The molecule has 0 N–H and O–H groups in total. The second-order valence-corrected chi connectivity index (χ2v) is 8.62. The average Bonchev–Trinajstić information content (AvgIpc) is 3.09. The van der Waals surface area contributed by atoms with Crippen LogP contribution in [0.25, 0.3) is 16.6 Å². The molecule has 2 aromatic carbocycles. The molecule has 0 unspecified atom stereocenters. The second-order valence-electron chi connectivity index (χ2n) is 8.62. The van der Waals surface area contributed by atoms with Gasteiger partial charge < -0.3 is 9.47 Å². The van der Waals surface area contributed by atoms with E-state index in [2.05, 4.69) is 9.47 Å². The van der Waals surface area contributed by atoms with E-state index in [1.807, 2.05) is 11.0 Å². The molecule has 1 aromatic heterocycles. The molecule has 1 saturated heterocycles. The summed E-state index contributed by atoms with van der Waals surface area (Å²) in [6, 6.07) is 11.4. The number of hydrogen-bond acceptors (Lipinski definition) is 2. The number of nitrogens with zero attached hydrogens (tertiary/aromatic N) is 3. The summed E-state index contributed by atoms with van der Waals surface area (Å²) in [6.07, 6.45) is 4.60. The van der Waals surface area contributed by atoms with Crippen LogP contribution in [0.15, 0.2) is 42.5 Å². The Morgan fingerprint density at radius 1 is 0.871 bits per heavy atom. The fraction of sp³-hybridized carbons (Fsp3) is 0.400. The first kappa shape index (κ1) is 20.2. The number of benzene rings is 2. The third-order valence-electron chi connectivity index (χ3n) is 6.60. The molecular formula is C25H27F2N3O. The summed E-state index contributed by atoms with van der Waals surface area (Å²) in [5.41, 5.74) is 4.18. The van der Waals surface area contributed by atoms with Crippen LogP contribution >= 0.6 is 0 Å². The number of likely N-dealkylation sites (tertiary alicyclic amines) is 1. The van der Waals surface area contributed by atoms with Crippen LogP contribution in [0.5, 0.6) is 0 Å². The summed E-state index contributed by atoms with van der Waals surface area (Å²) in [5.74, 6) is -0.226. The zero-order valence-corrected chi connectivity index (χ0v) is 17.6. The Balaban J connectivity index is 1.38. The normalized spacial score (nSPS) is 17.4. The summed E-state index contributed by atoms with van der Waals surface area (Å²) < 4.78 is 29.7. The van der Waals surface area contributed by atoms with Gasteiger partial charge in [0.1, 0.15) is 11.6 Å². The highest BCUT2D eigenvalue weighted by Gasteiger charge is 2.25. The van der Waals surface area contributed by atoms with Crippen LogP contribution in [-0.2, 0) is 17.8 Å². The van der Waals surface area contributed by atoms with Crippen molar-refractivity contribution in [1.29, 1.82) is 0 Å². The minimum atomic E-state index is -0.265. The number of halogens is 2. The van der Waals surface area contributed by atoms with Crippen molar-refractivity contribution in [3.05, 3.63) is 65.4 Å². The van der Waals surface area contributed by atoms with E-state index in [0.717, 1.165) is 80.6 Å².